The molecule has 0 heterocycles. The molecule has 2 amide bonds. The van der Waals surface area contributed by atoms with Crippen LogP contribution in [-0.2, 0) is 6.61 Å². The Balaban J connectivity index is 1.83. The van der Waals surface area contributed by atoms with Crippen LogP contribution < -0.4 is 25.3 Å². The Morgan fingerprint density at radius 2 is 1.58 bits per heavy atom. The van der Waals surface area contributed by atoms with E-state index in [-0.39, 0.29) is 5.91 Å². The number of nitrogens with two attached hydrogens (primary N) is 1. The number of amides is 2. The minimum atomic E-state index is -0.518. The smallest absolute Gasteiger partial charge is 0.255 e. The molecule has 0 saturated carbocycles. The third-order valence-corrected chi connectivity index (χ3v) is 4.70. The third kappa shape index (κ3) is 5.14. The summed E-state index contributed by atoms with van der Waals surface area (Å²) in [5.74, 6) is 0.279. The molecule has 0 atom stereocenters. The van der Waals surface area contributed by atoms with Gasteiger partial charge in [-0.05, 0) is 48.4 Å². The van der Waals surface area contributed by atoms with Crippen LogP contribution in [0.4, 0.5) is 5.69 Å². The summed E-state index contributed by atoms with van der Waals surface area (Å²) < 4.78 is 16.8. The van der Waals surface area contributed by atoms with Crippen molar-refractivity contribution in [2.75, 3.05) is 19.5 Å². The van der Waals surface area contributed by atoms with Crippen LogP contribution in [0.25, 0.3) is 0 Å². The predicted octanol–water partition coefficient (Wildman–Crippen LogP) is 3.94. The number of hydrogen-bond donors (Lipinski definition) is 2. The summed E-state index contributed by atoms with van der Waals surface area (Å²) in [5, 5.41) is 2.80. The highest BCUT2D eigenvalue weighted by molar-refractivity contribution is 6.05. The summed E-state index contributed by atoms with van der Waals surface area (Å²) in [6.45, 7) is 2.07. The van der Waals surface area contributed by atoms with E-state index in [9.17, 15) is 9.59 Å². The minimum absolute atomic E-state index is 0.324. The Labute approximate surface area is 180 Å². The van der Waals surface area contributed by atoms with E-state index in [0.29, 0.717) is 46.2 Å². The summed E-state index contributed by atoms with van der Waals surface area (Å²) in [6.07, 6.45) is 0. The molecular formula is C24H24N2O5. The minimum Gasteiger partial charge on any atom is -0.493 e. The van der Waals surface area contributed by atoms with Gasteiger partial charge in [-0.15, -0.1) is 0 Å². The van der Waals surface area contributed by atoms with Gasteiger partial charge in [-0.1, -0.05) is 30.3 Å². The summed E-state index contributed by atoms with van der Waals surface area (Å²) in [7, 11) is 3.00. The maximum atomic E-state index is 12.8. The highest BCUT2D eigenvalue weighted by Gasteiger charge is 2.18. The molecule has 0 spiro atoms. The first-order valence-electron chi connectivity index (χ1n) is 9.57. The highest BCUT2D eigenvalue weighted by atomic mass is 16.5. The van der Waals surface area contributed by atoms with Gasteiger partial charge in [0.25, 0.3) is 5.91 Å². The highest BCUT2D eigenvalue weighted by Crippen LogP contribution is 2.39. The number of aryl methyl sites for hydroxylation is 1. The van der Waals surface area contributed by atoms with Crippen LogP contribution in [0, 0.1) is 6.92 Å². The van der Waals surface area contributed by atoms with Crippen LogP contribution in [0.3, 0.4) is 0 Å². The second-order valence-electron chi connectivity index (χ2n) is 6.83. The van der Waals surface area contributed by atoms with Gasteiger partial charge in [0, 0.05) is 16.8 Å². The number of anilines is 1. The molecule has 160 valence electrons. The van der Waals surface area contributed by atoms with Crippen molar-refractivity contribution < 1.29 is 23.8 Å². The molecule has 0 aliphatic heterocycles. The van der Waals surface area contributed by atoms with Gasteiger partial charge in [0.2, 0.25) is 11.7 Å². The predicted molar refractivity (Wildman–Crippen MR) is 118 cm³/mol. The van der Waals surface area contributed by atoms with Crippen LogP contribution in [0.1, 0.15) is 31.8 Å². The van der Waals surface area contributed by atoms with Crippen molar-refractivity contribution in [1.29, 1.82) is 0 Å². The van der Waals surface area contributed by atoms with E-state index in [1.807, 2.05) is 30.3 Å². The molecule has 0 aromatic heterocycles. The molecule has 3 rings (SSSR count). The van der Waals surface area contributed by atoms with E-state index in [4.69, 9.17) is 19.9 Å². The number of carbonyl (C=O) groups is 2. The van der Waals surface area contributed by atoms with E-state index >= 15 is 0 Å². The Hall–Kier alpha value is -4.00. The zero-order valence-electron chi connectivity index (χ0n) is 17.6. The SMILES string of the molecule is COc1cc(C(=O)Nc2ccc(C(N)=O)c(C)c2)cc(OC)c1OCc1ccccc1. The maximum Gasteiger partial charge on any atom is 0.255 e. The molecule has 0 aliphatic rings. The molecule has 0 bridgehead atoms. The first-order chi connectivity index (χ1) is 14.9. The van der Waals surface area contributed by atoms with E-state index in [2.05, 4.69) is 5.32 Å². The van der Waals surface area contributed by atoms with Gasteiger partial charge in [0.15, 0.2) is 11.5 Å². The second-order valence-corrected chi connectivity index (χ2v) is 6.83. The average Bonchev–Trinajstić information content (AvgIpc) is 2.77. The quantitative estimate of drug-likeness (QED) is 0.575. The number of carbonyl (C=O) groups excluding carboxylic acids is 2. The van der Waals surface area contributed by atoms with Crippen LogP contribution in [0.2, 0.25) is 0 Å². The normalized spacial score (nSPS) is 10.3. The monoisotopic (exact) mass is 420 g/mol. The largest absolute Gasteiger partial charge is 0.493 e. The lowest BCUT2D eigenvalue weighted by Gasteiger charge is -2.16. The molecule has 0 radical (unpaired) electrons. The first-order valence-corrected chi connectivity index (χ1v) is 9.57. The molecule has 31 heavy (non-hydrogen) atoms. The fourth-order valence-corrected chi connectivity index (χ4v) is 3.10. The third-order valence-electron chi connectivity index (χ3n) is 4.70. The van der Waals surface area contributed by atoms with Crippen LogP contribution in [-0.4, -0.2) is 26.0 Å². The lowest BCUT2D eigenvalue weighted by molar-refractivity contribution is 0.0997. The van der Waals surface area contributed by atoms with Crippen LogP contribution in [0.15, 0.2) is 60.7 Å². The molecule has 7 heteroatoms. The molecule has 3 aromatic rings. The number of primary amides is 1. The molecule has 0 saturated heterocycles. The van der Waals surface area contributed by atoms with E-state index in [1.165, 1.54) is 14.2 Å². The summed E-state index contributed by atoms with van der Waals surface area (Å²) >= 11 is 0. The zero-order chi connectivity index (χ0) is 22.4. The number of ether oxygens (including phenoxy) is 3. The molecule has 0 fully saturated rings. The fourth-order valence-electron chi connectivity index (χ4n) is 3.10. The van der Waals surface area contributed by atoms with Crippen molar-refractivity contribution in [2.45, 2.75) is 13.5 Å². The number of nitrogens with one attached hydrogen (secondary N) is 1. The van der Waals surface area contributed by atoms with Crippen molar-refractivity contribution in [1.82, 2.24) is 0 Å². The molecule has 0 unspecified atom stereocenters. The summed E-state index contributed by atoms with van der Waals surface area (Å²) in [4.78, 5) is 24.2. The number of rotatable bonds is 8. The van der Waals surface area contributed by atoms with Crippen molar-refractivity contribution in [2.24, 2.45) is 5.73 Å². The van der Waals surface area contributed by atoms with Crippen LogP contribution in [0.5, 0.6) is 17.2 Å². The van der Waals surface area contributed by atoms with E-state index in [0.717, 1.165) is 5.56 Å². The lowest BCUT2D eigenvalue weighted by Crippen LogP contribution is -2.15. The Morgan fingerprint density at radius 1 is 0.935 bits per heavy atom. The molecule has 7 nitrogen and oxygen atoms in total. The average molecular weight is 420 g/mol. The summed E-state index contributed by atoms with van der Waals surface area (Å²) in [6, 6.07) is 17.7. The van der Waals surface area contributed by atoms with Gasteiger partial charge >= 0.3 is 0 Å². The Kier molecular flexibility index (Phi) is 6.77. The topological polar surface area (TPSA) is 99.9 Å². The van der Waals surface area contributed by atoms with E-state index < -0.39 is 5.91 Å². The van der Waals surface area contributed by atoms with Crippen molar-refractivity contribution in [3.63, 3.8) is 0 Å². The zero-order valence-corrected chi connectivity index (χ0v) is 17.6. The number of hydrogen-bond acceptors (Lipinski definition) is 5. The van der Waals surface area contributed by atoms with Crippen LogP contribution >= 0.6 is 0 Å². The van der Waals surface area contributed by atoms with Crippen molar-refractivity contribution in [3.05, 3.63) is 82.9 Å². The lowest BCUT2D eigenvalue weighted by atomic mass is 10.1. The Bertz CT molecular complexity index is 1070. The second kappa shape index (κ2) is 9.67. The standard InChI is InChI=1S/C24H24N2O5/c1-15-11-18(9-10-19(15)23(25)27)26-24(28)17-12-20(29-2)22(21(13-17)30-3)31-14-16-7-5-4-6-8-16/h4-13H,14H2,1-3H3,(H2,25,27)(H,26,28). The molecule has 0 aliphatic carbocycles. The van der Waals surface area contributed by atoms with Crippen molar-refractivity contribution >= 4 is 17.5 Å². The van der Waals surface area contributed by atoms with Gasteiger partial charge in [0.05, 0.1) is 14.2 Å². The molecule has 3 aromatic carbocycles. The van der Waals surface area contributed by atoms with Crippen molar-refractivity contribution in [3.8, 4) is 17.2 Å². The summed E-state index contributed by atoms with van der Waals surface area (Å²) in [5.41, 5.74) is 8.26. The van der Waals surface area contributed by atoms with Gasteiger partial charge < -0.3 is 25.3 Å². The van der Waals surface area contributed by atoms with E-state index in [1.54, 1.807) is 37.3 Å². The Morgan fingerprint density at radius 3 is 2.13 bits per heavy atom. The molecule has 3 N–H and O–H groups in total. The first kappa shape index (κ1) is 21.7. The van der Waals surface area contributed by atoms with Gasteiger partial charge in [0.1, 0.15) is 6.61 Å². The van der Waals surface area contributed by atoms with Gasteiger partial charge in [-0.3, -0.25) is 9.59 Å². The molecular weight excluding hydrogens is 396 g/mol. The fraction of sp³-hybridized carbons (Fsp3) is 0.167. The number of benzene rings is 3. The number of methoxy groups -OCH3 is 2. The van der Waals surface area contributed by atoms with Gasteiger partial charge in [-0.2, -0.15) is 0 Å². The van der Waals surface area contributed by atoms with Gasteiger partial charge in [-0.25, -0.2) is 0 Å². The maximum absolute atomic E-state index is 12.8.